The smallest absolute Gasteiger partial charge is 0.251 e. The second-order valence-electron chi connectivity index (χ2n) is 9.67. The molecule has 0 heterocycles. The van der Waals surface area contributed by atoms with Crippen LogP contribution in [-0.2, 0) is 15.1 Å². The van der Waals surface area contributed by atoms with E-state index in [1.165, 1.54) is 0 Å². The molecule has 1 unspecified atom stereocenters. The van der Waals surface area contributed by atoms with Crippen molar-refractivity contribution in [2.75, 3.05) is 13.7 Å². The third kappa shape index (κ3) is 6.74. The van der Waals surface area contributed by atoms with Crippen LogP contribution in [0.3, 0.4) is 0 Å². The van der Waals surface area contributed by atoms with Gasteiger partial charge in [0.05, 0.1) is 12.6 Å². The van der Waals surface area contributed by atoms with Gasteiger partial charge >= 0.3 is 0 Å². The van der Waals surface area contributed by atoms with Gasteiger partial charge in [-0.3, -0.25) is 9.59 Å². The fourth-order valence-corrected chi connectivity index (χ4v) is 4.32. The lowest BCUT2D eigenvalue weighted by atomic mass is 9.95. The minimum absolute atomic E-state index is 0.0886. The van der Waals surface area contributed by atoms with Gasteiger partial charge in [0.15, 0.2) is 0 Å². The number of allylic oxidation sites excluding steroid dienone is 3. The predicted molar refractivity (Wildman–Crippen MR) is 143 cm³/mol. The SMILES string of the molecule is C=c1c(OC)cc(C2(NC(=O)C3=CCCC=C3CNC(=O)C=CCCC)CC2)c/c1=C/C(C)CC. The highest BCUT2D eigenvalue weighted by Gasteiger charge is 2.46. The van der Waals surface area contributed by atoms with Crippen LogP contribution in [0, 0.1) is 5.92 Å². The molecule has 2 amide bonds. The standard InChI is InChI=1S/C30H40N2O3/c1-6-8-9-14-28(33)31-20-23-12-10-11-13-26(23)29(34)32-30(15-16-30)25-18-24(17-21(3)7-2)22(4)27(19-25)35-5/h9,12-14,17-19,21H,4,6-8,10-11,15-16,20H2,1-3,5H3,(H,31,33)(H,32,34)/b14-9?,24-17-. The topological polar surface area (TPSA) is 67.4 Å². The number of hydrogen-bond donors (Lipinski definition) is 2. The van der Waals surface area contributed by atoms with Crippen LogP contribution in [0.5, 0.6) is 5.75 Å². The maximum atomic E-state index is 13.4. The number of methoxy groups -OCH3 is 1. The van der Waals surface area contributed by atoms with Crippen molar-refractivity contribution in [3.63, 3.8) is 0 Å². The number of ether oxygens (including phenoxy) is 1. The van der Waals surface area contributed by atoms with Crippen LogP contribution in [0.2, 0.25) is 0 Å². The van der Waals surface area contributed by atoms with Crippen molar-refractivity contribution in [1.29, 1.82) is 0 Å². The van der Waals surface area contributed by atoms with Crippen molar-refractivity contribution < 1.29 is 14.3 Å². The van der Waals surface area contributed by atoms with Crippen LogP contribution in [0.4, 0.5) is 0 Å². The van der Waals surface area contributed by atoms with E-state index in [9.17, 15) is 9.59 Å². The van der Waals surface area contributed by atoms with E-state index >= 15 is 0 Å². The Morgan fingerprint density at radius 1 is 1.20 bits per heavy atom. The summed E-state index contributed by atoms with van der Waals surface area (Å²) in [6, 6.07) is 4.16. The minimum atomic E-state index is -0.397. The molecule has 1 fully saturated rings. The van der Waals surface area contributed by atoms with Crippen molar-refractivity contribution in [3.8, 4) is 5.75 Å². The fraction of sp³-hybridized carbons (Fsp3) is 0.467. The Bertz CT molecular complexity index is 1140. The zero-order chi connectivity index (χ0) is 25.4. The quantitative estimate of drug-likeness (QED) is 0.472. The number of carbonyl (C=O) groups excluding carboxylic acids is 2. The summed E-state index contributed by atoms with van der Waals surface area (Å²) in [5.74, 6) is 0.948. The molecule has 188 valence electrons. The summed E-state index contributed by atoms with van der Waals surface area (Å²) >= 11 is 0. The number of hydrogen-bond acceptors (Lipinski definition) is 3. The highest BCUT2D eigenvalue weighted by molar-refractivity contribution is 5.99. The molecular weight excluding hydrogens is 436 g/mol. The molecule has 35 heavy (non-hydrogen) atoms. The zero-order valence-corrected chi connectivity index (χ0v) is 21.7. The van der Waals surface area contributed by atoms with Crippen molar-refractivity contribution in [2.24, 2.45) is 5.92 Å². The van der Waals surface area contributed by atoms with Crippen molar-refractivity contribution in [2.45, 2.75) is 71.3 Å². The summed E-state index contributed by atoms with van der Waals surface area (Å²) in [7, 11) is 1.66. The van der Waals surface area contributed by atoms with Gasteiger partial charge in [0, 0.05) is 17.3 Å². The minimum Gasteiger partial charge on any atom is -0.496 e. The van der Waals surface area contributed by atoms with Gasteiger partial charge in [0.25, 0.3) is 5.91 Å². The molecule has 5 heteroatoms. The van der Waals surface area contributed by atoms with Crippen molar-refractivity contribution in [1.82, 2.24) is 10.6 Å². The highest BCUT2D eigenvalue weighted by atomic mass is 16.5. The number of amides is 2. The van der Waals surface area contributed by atoms with Crippen LogP contribution < -0.4 is 25.8 Å². The first-order valence-electron chi connectivity index (χ1n) is 12.9. The molecule has 0 radical (unpaired) electrons. The summed E-state index contributed by atoms with van der Waals surface area (Å²) in [5.41, 5.74) is 2.19. The van der Waals surface area contributed by atoms with Gasteiger partial charge in [-0.05, 0) is 72.6 Å². The molecule has 0 spiro atoms. The molecule has 1 atom stereocenters. The normalized spacial score (nSPS) is 18.0. The van der Waals surface area contributed by atoms with E-state index in [4.69, 9.17) is 4.74 Å². The summed E-state index contributed by atoms with van der Waals surface area (Å²) in [5, 5.41) is 8.17. The molecule has 0 aliphatic heterocycles. The zero-order valence-electron chi connectivity index (χ0n) is 21.7. The van der Waals surface area contributed by atoms with Gasteiger partial charge in [-0.2, -0.15) is 0 Å². The monoisotopic (exact) mass is 476 g/mol. The first kappa shape index (κ1) is 26.5. The van der Waals surface area contributed by atoms with Gasteiger partial charge in [-0.1, -0.05) is 64.5 Å². The Morgan fingerprint density at radius 3 is 2.60 bits per heavy atom. The lowest BCUT2D eigenvalue weighted by Gasteiger charge is -2.23. The van der Waals surface area contributed by atoms with Gasteiger partial charge in [-0.15, -0.1) is 0 Å². The number of rotatable bonds is 11. The molecule has 5 nitrogen and oxygen atoms in total. The van der Waals surface area contributed by atoms with Crippen molar-refractivity contribution >= 4 is 24.5 Å². The Kier molecular flexibility index (Phi) is 9.13. The number of nitrogens with one attached hydrogen (secondary N) is 2. The summed E-state index contributed by atoms with van der Waals surface area (Å²) in [4.78, 5) is 25.5. The Balaban J connectivity index is 1.78. The molecule has 3 rings (SSSR count). The molecule has 0 aromatic heterocycles. The van der Waals surface area contributed by atoms with Gasteiger partial charge in [-0.25, -0.2) is 0 Å². The van der Waals surface area contributed by atoms with E-state index in [-0.39, 0.29) is 11.8 Å². The first-order valence-corrected chi connectivity index (χ1v) is 12.9. The van der Waals surface area contributed by atoms with E-state index in [0.29, 0.717) is 18.0 Å². The Hall–Kier alpha value is -3.08. The van der Waals surface area contributed by atoms with E-state index < -0.39 is 5.54 Å². The fourth-order valence-electron chi connectivity index (χ4n) is 4.32. The van der Waals surface area contributed by atoms with Gasteiger partial charge < -0.3 is 15.4 Å². The number of unbranched alkanes of at least 4 members (excludes halogenated alkanes) is 1. The maximum Gasteiger partial charge on any atom is 0.251 e. The van der Waals surface area contributed by atoms with Crippen LogP contribution in [0.25, 0.3) is 12.7 Å². The summed E-state index contributed by atoms with van der Waals surface area (Å²) in [6.07, 6.45) is 16.1. The largest absolute Gasteiger partial charge is 0.496 e. The van der Waals surface area contributed by atoms with Crippen LogP contribution >= 0.6 is 0 Å². The lowest BCUT2D eigenvalue weighted by Crippen LogP contribution is -2.39. The van der Waals surface area contributed by atoms with Crippen LogP contribution in [-0.4, -0.2) is 25.5 Å². The molecule has 1 aromatic carbocycles. The number of benzene rings is 1. The van der Waals surface area contributed by atoms with Crippen LogP contribution in [0.1, 0.15) is 71.3 Å². The predicted octanol–water partition coefficient (Wildman–Crippen LogP) is 4.16. The van der Waals surface area contributed by atoms with Crippen LogP contribution in [0.15, 0.2) is 47.6 Å². The van der Waals surface area contributed by atoms with E-state index in [1.807, 2.05) is 18.2 Å². The molecule has 0 saturated heterocycles. The third-order valence-corrected chi connectivity index (χ3v) is 6.90. The summed E-state index contributed by atoms with van der Waals surface area (Å²) < 4.78 is 5.63. The second kappa shape index (κ2) is 12.1. The first-order chi connectivity index (χ1) is 16.8. The Labute approximate surface area is 209 Å². The molecule has 2 aliphatic rings. The molecule has 1 aromatic rings. The molecular formula is C30H40N2O3. The van der Waals surface area contributed by atoms with Gasteiger partial charge in [0.2, 0.25) is 5.91 Å². The molecule has 2 aliphatic carbocycles. The number of carbonyl (C=O) groups is 2. The third-order valence-electron chi connectivity index (χ3n) is 6.90. The van der Waals surface area contributed by atoms with Crippen molar-refractivity contribution in [3.05, 3.63) is 63.6 Å². The summed E-state index contributed by atoms with van der Waals surface area (Å²) in [6.45, 7) is 11.0. The van der Waals surface area contributed by atoms with E-state index in [0.717, 1.165) is 72.3 Å². The Morgan fingerprint density at radius 2 is 1.94 bits per heavy atom. The highest BCUT2D eigenvalue weighted by Crippen LogP contribution is 2.46. The average molecular weight is 477 g/mol. The molecule has 0 bridgehead atoms. The van der Waals surface area contributed by atoms with E-state index in [2.05, 4.69) is 56.2 Å². The maximum absolute atomic E-state index is 13.4. The molecule has 1 saturated carbocycles. The second-order valence-corrected chi connectivity index (χ2v) is 9.67. The van der Waals surface area contributed by atoms with E-state index in [1.54, 1.807) is 13.2 Å². The lowest BCUT2D eigenvalue weighted by molar-refractivity contribution is -0.119. The average Bonchev–Trinajstić information content (AvgIpc) is 3.64. The van der Waals surface area contributed by atoms with Gasteiger partial charge in [0.1, 0.15) is 5.75 Å². The molecule has 2 N–H and O–H groups in total.